The van der Waals surface area contributed by atoms with Gasteiger partial charge in [0, 0.05) is 37.1 Å². The van der Waals surface area contributed by atoms with Gasteiger partial charge in [-0.3, -0.25) is 0 Å². The van der Waals surface area contributed by atoms with E-state index in [-0.39, 0.29) is 5.75 Å². The summed E-state index contributed by atoms with van der Waals surface area (Å²) in [5.74, 6) is 1.38. The van der Waals surface area contributed by atoms with E-state index < -0.39 is 10.0 Å². The van der Waals surface area contributed by atoms with Gasteiger partial charge in [-0.15, -0.1) is 0 Å². The Morgan fingerprint density at radius 2 is 1.87 bits per heavy atom. The number of sulfonamides is 1. The average molecular weight is 343 g/mol. The van der Waals surface area contributed by atoms with Crippen molar-refractivity contribution in [2.45, 2.75) is 63.5 Å². The third kappa shape index (κ3) is 2.96. The van der Waals surface area contributed by atoms with Gasteiger partial charge in [-0.1, -0.05) is 19.3 Å². The highest BCUT2D eigenvalue weighted by Gasteiger charge is 2.64. The van der Waals surface area contributed by atoms with E-state index in [0.717, 1.165) is 13.0 Å². The first-order valence-corrected chi connectivity index (χ1v) is 11.1. The fourth-order valence-corrected chi connectivity index (χ4v) is 6.39. The van der Waals surface area contributed by atoms with Crippen LogP contribution in [0.5, 0.6) is 0 Å². The average Bonchev–Trinajstić information content (AvgIpc) is 3.10. The lowest BCUT2D eigenvalue weighted by atomic mass is 9.54. The van der Waals surface area contributed by atoms with Crippen LogP contribution in [0.2, 0.25) is 0 Å². The van der Waals surface area contributed by atoms with Crippen LogP contribution in [0.3, 0.4) is 0 Å². The summed E-state index contributed by atoms with van der Waals surface area (Å²) in [6.45, 7) is 2.08. The molecule has 1 heterocycles. The van der Waals surface area contributed by atoms with Crippen molar-refractivity contribution >= 4 is 10.0 Å². The molecular weight excluding hydrogens is 312 g/mol. The summed E-state index contributed by atoms with van der Waals surface area (Å²) < 4.78 is 33.0. The summed E-state index contributed by atoms with van der Waals surface area (Å²) in [4.78, 5) is 0. The SMILES string of the molecule is O=S(=O)(CCNC1C2CCOC2C12CCCC2)NCC1CCC1. The van der Waals surface area contributed by atoms with Crippen LogP contribution in [0.4, 0.5) is 0 Å². The van der Waals surface area contributed by atoms with Gasteiger partial charge in [0.25, 0.3) is 0 Å². The van der Waals surface area contributed by atoms with Crippen molar-refractivity contribution in [3.8, 4) is 0 Å². The maximum absolute atomic E-state index is 12.1. The molecule has 4 rings (SSSR count). The lowest BCUT2D eigenvalue weighted by molar-refractivity contribution is -0.129. The van der Waals surface area contributed by atoms with E-state index in [1.807, 2.05) is 0 Å². The van der Waals surface area contributed by atoms with Gasteiger partial charge in [0.15, 0.2) is 0 Å². The molecule has 4 aliphatic rings. The van der Waals surface area contributed by atoms with Gasteiger partial charge in [-0.2, -0.15) is 0 Å². The molecule has 3 atom stereocenters. The van der Waals surface area contributed by atoms with Crippen molar-refractivity contribution < 1.29 is 13.2 Å². The predicted molar refractivity (Wildman–Crippen MR) is 89.7 cm³/mol. The lowest BCUT2D eigenvalue weighted by Crippen LogP contribution is -2.67. The van der Waals surface area contributed by atoms with E-state index in [0.29, 0.717) is 42.5 Å². The predicted octanol–water partition coefficient (Wildman–Crippen LogP) is 1.64. The van der Waals surface area contributed by atoms with Crippen molar-refractivity contribution in [3.63, 3.8) is 0 Å². The molecule has 0 amide bonds. The van der Waals surface area contributed by atoms with E-state index in [4.69, 9.17) is 4.74 Å². The smallest absolute Gasteiger partial charge is 0.212 e. The monoisotopic (exact) mass is 342 g/mol. The number of ether oxygens (including phenoxy) is 1. The largest absolute Gasteiger partial charge is 0.377 e. The topological polar surface area (TPSA) is 67.4 Å². The minimum atomic E-state index is -3.13. The van der Waals surface area contributed by atoms with E-state index in [2.05, 4.69) is 10.0 Å². The van der Waals surface area contributed by atoms with Gasteiger partial charge in [-0.25, -0.2) is 13.1 Å². The van der Waals surface area contributed by atoms with Crippen LogP contribution in [-0.4, -0.2) is 46.0 Å². The molecule has 1 spiro atoms. The van der Waals surface area contributed by atoms with E-state index >= 15 is 0 Å². The van der Waals surface area contributed by atoms with E-state index in [9.17, 15) is 8.42 Å². The molecule has 6 heteroatoms. The Kier molecular flexibility index (Phi) is 4.45. The molecule has 3 aliphatic carbocycles. The Hall–Kier alpha value is -0.170. The normalized spacial score (nSPS) is 35.9. The van der Waals surface area contributed by atoms with Crippen LogP contribution in [0.15, 0.2) is 0 Å². The van der Waals surface area contributed by atoms with Crippen LogP contribution in [0.1, 0.15) is 51.4 Å². The molecular formula is C17H30N2O3S. The number of nitrogens with one attached hydrogen (secondary N) is 2. The molecule has 0 bridgehead atoms. The molecule has 5 nitrogen and oxygen atoms in total. The molecule has 132 valence electrons. The number of hydrogen-bond acceptors (Lipinski definition) is 4. The third-order valence-electron chi connectivity index (χ3n) is 6.84. The minimum absolute atomic E-state index is 0.199. The highest BCUT2D eigenvalue weighted by molar-refractivity contribution is 7.89. The zero-order valence-electron chi connectivity index (χ0n) is 13.9. The van der Waals surface area contributed by atoms with Crippen LogP contribution < -0.4 is 10.0 Å². The molecule has 0 aromatic carbocycles. The summed E-state index contributed by atoms with van der Waals surface area (Å²) in [5.41, 5.74) is 0.310. The highest BCUT2D eigenvalue weighted by atomic mass is 32.2. The van der Waals surface area contributed by atoms with Gasteiger partial charge < -0.3 is 10.1 Å². The first kappa shape index (κ1) is 16.3. The molecule has 3 saturated carbocycles. The summed E-state index contributed by atoms with van der Waals surface area (Å²) >= 11 is 0. The van der Waals surface area contributed by atoms with Crippen molar-refractivity contribution in [3.05, 3.63) is 0 Å². The Morgan fingerprint density at radius 1 is 1.09 bits per heavy atom. The second-order valence-corrected chi connectivity index (χ2v) is 10.0. The number of fused-ring (bicyclic) bond motifs is 2. The molecule has 23 heavy (non-hydrogen) atoms. The van der Waals surface area contributed by atoms with Crippen molar-refractivity contribution in [1.29, 1.82) is 0 Å². The summed E-state index contributed by atoms with van der Waals surface area (Å²) in [6.07, 6.45) is 10.3. The zero-order chi connectivity index (χ0) is 15.9. The van der Waals surface area contributed by atoms with Gasteiger partial charge >= 0.3 is 0 Å². The summed E-state index contributed by atoms with van der Waals surface area (Å²) in [7, 11) is -3.13. The van der Waals surface area contributed by atoms with Crippen LogP contribution in [0.25, 0.3) is 0 Å². The van der Waals surface area contributed by atoms with Gasteiger partial charge in [-0.05, 0) is 38.0 Å². The molecule has 1 aliphatic heterocycles. The molecule has 0 aromatic heterocycles. The molecule has 0 aromatic rings. The number of hydrogen-bond donors (Lipinski definition) is 2. The maximum Gasteiger partial charge on any atom is 0.212 e. The van der Waals surface area contributed by atoms with Crippen molar-refractivity contribution in [1.82, 2.24) is 10.0 Å². The molecule has 1 saturated heterocycles. The fraction of sp³-hybridized carbons (Fsp3) is 1.00. The maximum atomic E-state index is 12.1. The molecule has 4 fully saturated rings. The Morgan fingerprint density at radius 3 is 2.57 bits per heavy atom. The number of rotatable bonds is 7. The fourth-order valence-electron chi connectivity index (χ4n) is 5.37. The highest BCUT2D eigenvalue weighted by Crippen LogP contribution is 2.60. The zero-order valence-corrected chi connectivity index (χ0v) is 14.7. The Balaban J connectivity index is 1.27. The second-order valence-electron chi connectivity index (χ2n) is 8.08. The minimum Gasteiger partial charge on any atom is -0.377 e. The van der Waals surface area contributed by atoms with Crippen LogP contribution in [-0.2, 0) is 14.8 Å². The third-order valence-corrected chi connectivity index (χ3v) is 8.19. The summed E-state index contributed by atoms with van der Waals surface area (Å²) in [6, 6.07) is 0.472. The Labute approximate surface area is 140 Å². The van der Waals surface area contributed by atoms with Crippen LogP contribution in [0, 0.1) is 17.3 Å². The van der Waals surface area contributed by atoms with Crippen LogP contribution >= 0.6 is 0 Å². The molecule has 0 radical (unpaired) electrons. The quantitative estimate of drug-likeness (QED) is 0.738. The van der Waals surface area contributed by atoms with E-state index in [1.165, 1.54) is 44.9 Å². The first-order chi connectivity index (χ1) is 11.1. The standard InChI is InChI=1S/C17H30N2O3S/c20-23(21,19-12-13-4-3-5-13)11-9-18-15-14-6-10-22-16(14)17(15)7-1-2-8-17/h13-16,18-19H,1-12H2. The van der Waals surface area contributed by atoms with Gasteiger partial charge in [0.1, 0.15) is 0 Å². The lowest BCUT2D eigenvalue weighted by Gasteiger charge is -2.57. The van der Waals surface area contributed by atoms with Crippen molar-refractivity contribution in [2.24, 2.45) is 17.3 Å². The molecule has 3 unspecified atom stereocenters. The first-order valence-electron chi connectivity index (χ1n) is 9.43. The summed E-state index contributed by atoms with van der Waals surface area (Å²) in [5, 5.41) is 3.60. The Bertz CT molecular complexity index is 526. The van der Waals surface area contributed by atoms with E-state index in [1.54, 1.807) is 0 Å². The van der Waals surface area contributed by atoms with Gasteiger partial charge in [0.05, 0.1) is 11.9 Å². The molecule has 2 N–H and O–H groups in total. The van der Waals surface area contributed by atoms with Gasteiger partial charge in [0.2, 0.25) is 10.0 Å². The second kappa shape index (κ2) is 6.28. The van der Waals surface area contributed by atoms with Crippen molar-refractivity contribution in [2.75, 3.05) is 25.4 Å².